The van der Waals surface area contributed by atoms with Crippen molar-refractivity contribution in [3.05, 3.63) is 48.9 Å². The number of halogens is 1. The highest BCUT2D eigenvalue weighted by atomic mass is 19.1. The Kier molecular flexibility index (Phi) is 4.32. The normalized spacial score (nSPS) is 15.1. The molecular weight excluding hydrogens is 409 g/mol. The first-order valence-corrected chi connectivity index (χ1v) is 10.4. The number of piperazine rings is 1. The molecule has 5 heterocycles. The average Bonchev–Trinajstić information content (AvgIpc) is 3.43. The number of H-pyrrole nitrogens is 2. The lowest BCUT2D eigenvalue weighted by Crippen LogP contribution is -2.44. The highest BCUT2D eigenvalue weighted by Gasteiger charge is 2.21. The maximum atomic E-state index is 14.7. The Morgan fingerprint density at radius 1 is 1.06 bits per heavy atom. The molecule has 160 valence electrons. The molecule has 0 bridgehead atoms. The van der Waals surface area contributed by atoms with E-state index in [9.17, 15) is 4.39 Å². The van der Waals surface area contributed by atoms with Crippen molar-refractivity contribution in [3.8, 4) is 22.6 Å². The van der Waals surface area contributed by atoms with E-state index in [1.165, 1.54) is 12.4 Å². The monoisotopic (exact) mass is 429 g/mol. The smallest absolute Gasteiger partial charge is 0.180 e. The molecule has 1 fully saturated rings. The Morgan fingerprint density at radius 2 is 1.88 bits per heavy atom. The van der Waals surface area contributed by atoms with Gasteiger partial charge in [-0.05, 0) is 19.2 Å². The van der Waals surface area contributed by atoms with Crippen molar-refractivity contribution in [2.24, 2.45) is 0 Å². The summed E-state index contributed by atoms with van der Waals surface area (Å²) < 4.78 is 14.7. The van der Waals surface area contributed by atoms with Gasteiger partial charge >= 0.3 is 0 Å². The van der Waals surface area contributed by atoms with E-state index in [1.807, 2.05) is 6.07 Å². The van der Waals surface area contributed by atoms with E-state index < -0.39 is 0 Å². The van der Waals surface area contributed by atoms with Crippen molar-refractivity contribution in [1.29, 1.82) is 0 Å². The predicted octanol–water partition coefficient (Wildman–Crippen LogP) is 2.85. The summed E-state index contributed by atoms with van der Waals surface area (Å²) >= 11 is 0. The number of nitrogens with one attached hydrogen (secondary N) is 2. The van der Waals surface area contributed by atoms with E-state index in [0.717, 1.165) is 42.8 Å². The van der Waals surface area contributed by atoms with Crippen molar-refractivity contribution >= 4 is 27.8 Å². The number of aromatic nitrogens is 7. The summed E-state index contributed by atoms with van der Waals surface area (Å²) in [4.78, 5) is 25.2. The third-order valence-corrected chi connectivity index (χ3v) is 5.96. The number of fused-ring (bicyclic) bond motifs is 2. The van der Waals surface area contributed by atoms with Gasteiger partial charge in [0.15, 0.2) is 11.5 Å². The number of pyridine rings is 1. The van der Waals surface area contributed by atoms with Gasteiger partial charge in [-0.25, -0.2) is 24.3 Å². The molecule has 0 radical (unpaired) electrons. The van der Waals surface area contributed by atoms with E-state index in [-0.39, 0.29) is 5.82 Å². The zero-order valence-corrected chi connectivity index (χ0v) is 17.4. The Morgan fingerprint density at radius 3 is 2.69 bits per heavy atom. The van der Waals surface area contributed by atoms with Crippen LogP contribution in [0.25, 0.3) is 44.7 Å². The minimum Gasteiger partial charge on any atom is -0.367 e. The maximum Gasteiger partial charge on any atom is 0.180 e. The topological polar surface area (TPSA) is 103 Å². The summed E-state index contributed by atoms with van der Waals surface area (Å²) in [6, 6.07) is 5.20. The minimum atomic E-state index is -0.369. The SMILES string of the molecule is CN1CCN(c2ccnc3nc(-c4n[nH]c5cc(F)c(-c6cncnc6)cc45)[nH]c23)CC1. The average molecular weight is 429 g/mol. The number of hydrogen-bond acceptors (Lipinski definition) is 7. The third kappa shape index (κ3) is 3.07. The van der Waals surface area contributed by atoms with Crippen LogP contribution in [0.3, 0.4) is 0 Å². The van der Waals surface area contributed by atoms with Gasteiger partial charge in [0, 0.05) is 67.3 Å². The number of rotatable bonds is 3. The molecular formula is C22H20FN9. The molecule has 0 atom stereocenters. The fraction of sp³-hybridized carbons (Fsp3) is 0.227. The first kappa shape index (κ1) is 18.8. The Bertz CT molecular complexity index is 1420. The molecule has 0 spiro atoms. The molecule has 10 heteroatoms. The molecule has 1 aliphatic rings. The third-order valence-electron chi connectivity index (χ3n) is 5.96. The van der Waals surface area contributed by atoms with Crippen molar-refractivity contribution < 1.29 is 4.39 Å². The summed E-state index contributed by atoms with van der Waals surface area (Å²) in [6.07, 6.45) is 6.38. The first-order chi connectivity index (χ1) is 15.7. The second-order valence-electron chi connectivity index (χ2n) is 7.98. The summed E-state index contributed by atoms with van der Waals surface area (Å²) in [5.41, 5.74) is 4.80. The van der Waals surface area contributed by atoms with Crippen LogP contribution in [0.2, 0.25) is 0 Å². The van der Waals surface area contributed by atoms with Gasteiger partial charge in [-0.2, -0.15) is 5.10 Å². The maximum absolute atomic E-state index is 14.7. The number of nitrogens with zero attached hydrogens (tertiary/aromatic N) is 7. The summed E-state index contributed by atoms with van der Waals surface area (Å²) in [6.45, 7) is 3.90. The van der Waals surface area contributed by atoms with Crippen LogP contribution in [-0.2, 0) is 0 Å². The number of likely N-dealkylation sites (N-methyl/N-ethyl adjacent to an activating group) is 1. The second-order valence-corrected chi connectivity index (χ2v) is 7.98. The van der Waals surface area contributed by atoms with Crippen LogP contribution in [0.15, 0.2) is 43.1 Å². The lowest BCUT2D eigenvalue weighted by Gasteiger charge is -2.34. The summed E-state index contributed by atoms with van der Waals surface area (Å²) in [5.74, 6) is 0.216. The molecule has 1 saturated heterocycles. The molecule has 32 heavy (non-hydrogen) atoms. The number of imidazole rings is 1. The molecule has 2 N–H and O–H groups in total. The fourth-order valence-corrected chi connectivity index (χ4v) is 4.20. The van der Waals surface area contributed by atoms with Gasteiger partial charge in [-0.3, -0.25) is 5.10 Å². The molecule has 0 aliphatic carbocycles. The number of aromatic amines is 2. The van der Waals surface area contributed by atoms with E-state index in [1.54, 1.807) is 24.7 Å². The summed E-state index contributed by atoms with van der Waals surface area (Å²) in [5, 5.41) is 8.09. The molecule has 5 aromatic rings. The zero-order chi connectivity index (χ0) is 21.7. The van der Waals surface area contributed by atoms with Crippen LogP contribution in [0, 0.1) is 5.82 Å². The number of anilines is 1. The van der Waals surface area contributed by atoms with E-state index in [2.05, 4.69) is 47.0 Å². The quantitative estimate of drug-likeness (QED) is 0.455. The molecule has 9 nitrogen and oxygen atoms in total. The highest BCUT2D eigenvalue weighted by Crippen LogP contribution is 2.33. The Balaban J connectivity index is 1.46. The second kappa shape index (κ2) is 7.34. The predicted molar refractivity (Wildman–Crippen MR) is 120 cm³/mol. The summed E-state index contributed by atoms with van der Waals surface area (Å²) in [7, 11) is 2.13. The van der Waals surface area contributed by atoms with Crippen LogP contribution >= 0.6 is 0 Å². The Hall–Kier alpha value is -3.92. The zero-order valence-electron chi connectivity index (χ0n) is 17.4. The van der Waals surface area contributed by atoms with Crippen molar-refractivity contribution in [1.82, 2.24) is 40.0 Å². The van der Waals surface area contributed by atoms with Crippen molar-refractivity contribution in [2.45, 2.75) is 0 Å². The van der Waals surface area contributed by atoms with E-state index in [4.69, 9.17) is 4.98 Å². The fourth-order valence-electron chi connectivity index (χ4n) is 4.20. The number of hydrogen-bond donors (Lipinski definition) is 2. The van der Waals surface area contributed by atoms with Crippen LogP contribution < -0.4 is 4.90 Å². The standard InChI is InChI=1S/C22H20FN9/c1-31-4-6-32(7-5-31)18-2-3-26-21-20(18)27-22(28-21)19-15-8-14(13-10-24-12-25-11-13)16(23)9-17(15)29-30-19/h2-3,8-12H,4-7H2,1H3,(H,29,30)(H,26,27,28). The van der Waals surface area contributed by atoms with Gasteiger partial charge in [0.1, 0.15) is 23.4 Å². The highest BCUT2D eigenvalue weighted by molar-refractivity contribution is 5.96. The van der Waals surface area contributed by atoms with Gasteiger partial charge in [0.2, 0.25) is 0 Å². The largest absolute Gasteiger partial charge is 0.367 e. The van der Waals surface area contributed by atoms with Crippen molar-refractivity contribution in [2.75, 3.05) is 38.1 Å². The van der Waals surface area contributed by atoms with Gasteiger partial charge in [0.05, 0.1) is 11.2 Å². The van der Waals surface area contributed by atoms with Crippen LogP contribution in [-0.4, -0.2) is 73.2 Å². The van der Waals surface area contributed by atoms with Gasteiger partial charge in [0.25, 0.3) is 0 Å². The molecule has 4 aromatic heterocycles. The van der Waals surface area contributed by atoms with Crippen LogP contribution in [0.4, 0.5) is 10.1 Å². The Labute approximate surface area is 182 Å². The molecule has 1 aliphatic heterocycles. The molecule has 0 saturated carbocycles. The van der Waals surface area contributed by atoms with Gasteiger partial charge < -0.3 is 14.8 Å². The minimum absolute atomic E-state index is 0.369. The van der Waals surface area contributed by atoms with Crippen LogP contribution in [0.1, 0.15) is 0 Å². The van der Waals surface area contributed by atoms with Gasteiger partial charge in [-0.1, -0.05) is 0 Å². The first-order valence-electron chi connectivity index (χ1n) is 10.4. The molecule has 0 amide bonds. The van der Waals surface area contributed by atoms with Crippen LogP contribution in [0.5, 0.6) is 0 Å². The molecule has 6 rings (SSSR count). The number of benzene rings is 1. The van der Waals surface area contributed by atoms with Crippen molar-refractivity contribution in [3.63, 3.8) is 0 Å². The lowest BCUT2D eigenvalue weighted by atomic mass is 10.0. The van der Waals surface area contributed by atoms with Gasteiger partial charge in [-0.15, -0.1) is 0 Å². The lowest BCUT2D eigenvalue weighted by molar-refractivity contribution is 0.313. The van der Waals surface area contributed by atoms with E-state index >= 15 is 0 Å². The molecule has 0 unspecified atom stereocenters. The molecule has 1 aromatic carbocycles. The van der Waals surface area contributed by atoms with E-state index in [0.29, 0.717) is 33.8 Å².